The summed E-state index contributed by atoms with van der Waals surface area (Å²) in [5.41, 5.74) is 1.78. The molecule has 1 fully saturated rings. The fourth-order valence-electron chi connectivity index (χ4n) is 2.36. The van der Waals surface area contributed by atoms with Crippen molar-refractivity contribution in [2.24, 2.45) is 10.9 Å². The molecule has 25 heavy (non-hydrogen) atoms. The molecule has 0 radical (unpaired) electrons. The number of amides is 1. The van der Waals surface area contributed by atoms with Crippen molar-refractivity contribution in [3.05, 3.63) is 35.4 Å². The van der Waals surface area contributed by atoms with E-state index in [1.54, 1.807) is 7.05 Å². The van der Waals surface area contributed by atoms with E-state index in [1.807, 2.05) is 31.2 Å². The van der Waals surface area contributed by atoms with E-state index in [-0.39, 0.29) is 5.91 Å². The van der Waals surface area contributed by atoms with Crippen molar-refractivity contribution in [1.29, 1.82) is 0 Å². The molecule has 1 aromatic carbocycles. The zero-order valence-electron chi connectivity index (χ0n) is 15.3. The van der Waals surface area contributed by atoms with Gasteiger partial charge in [-0.2, -0.15) is 0 Å². The van der Waals surface area contributed by atoms with Crippen LogP contribution in [-0.4, -0.2) is 45.2 Å². The van der Waals surface area contributed by atoms with Crippen molar-refractivity contribution in [2.75, 3.05) is 33.4 Å². The highest BCUT2D eigenvalue weighted by molar-refractivity contribution is 5.94. The van der Waals surface area contributed by atoms with Gasteiger partial charge in [0, 0.05) is 45.5 Å². The van der Waals surface area contributed by atoms with Crippen LogP contribution in [0.2, 0.25) is 0 Å². The van der Waals surface area contributed by atoms with Crippen LogP contribution in [0.5, 0.6) is 0 Å². The summed E-state index contributed by atoms with van der Waals surface area (Å²) in [5, 5.41) is 9.35. The predicted octanol–water partition coefficient (Wildman–Crippen LogP) is 1.92. The van der Waals surface area contributed by atoms with Crippen LogP contribution in [0.15, 0.2) is 29.3 Å². The molecule has 0 atom stereocenters. The van der Waals surface area contributed by atoms with E-state index in [0.717, 1.165) is 43.6 Å². The van der Waals surface area contributed by atoms with Gasteiger partial charge in [0.05, 0.1) is 0 Å². The Morgan fingerprint density at radius 2 is 1.96 bits per heavy atom. The number of nitrogens with zero attached hydrogens (tertiary/aromatic N) is 1. The van der Waals surface area contributed by atoms with E-state index in [9.17, 15) is 4.79 Å². The number of aliphatic imine (C=N–C) groups is 1. The van der Waals surface area contributed by atoms with Gasteiger partial charge < -0.3 is 20.7 Å². The van der Waals surface area contributed by atoms with Crippen LogP contribution in [-0.2, 0) is 11.3 Å². The second kappa shape index (κ2) is 10.7. The normalized spacial score (nSPS) is 14.2. The summed E-state index contributed by atoms with van der Waals surface area (Å²) in [6.45, 7) is 5.75. The van der Waals surface area contributed by atoms with Gasteiger partial charge in [0.1, 0.15) is 0 Å². The summed E-state index contributed by atoms with van der Waals surface area (Å²) in [7, 11) is 1.76. The molecule has 1 aliphatic rings. The third kappa shape index (κ3) is 7.56. The third-order valence-corrected chi connectivity index (χ3v) is 4.05. The van der Waals surface area contributed by atoms with Crippen LogP contribution in [0.25, 0.3) is 0 Å². The van der Waals surface area contributed by atoms with Gasteiger partial charge in [-0.25, -0.2) is 0 Å². The lowest BCUT2D eigenvalue weighted by atomic mass is 10.1. The van der Waals surface area contributed by atoms with Crippen molar-refractivity contribution >= 4 is 11.9 Å². The molecule has 1 amide bonds. The average Bonchev–Trinajstić information content (AvgIpc) is 3.45. The molecule has 0 spiro atoms. The molecular weight excluding hydrogens is 316 g/mol. The molecule has 138 valence electrons. The van der Waals surface area contributed by atoms with E-state index in [1.165, 1.54) is 12.8 Å². The van der Waals surface area contributed by atoms with E-state index in [4.69, 9.17) is 4.74 Å². The molecule has 0 aliphatic heterocycles. The largest absolute Gasteiger partial charge is 0.381 e. The van der Waals surface area contributed by atoms with Gasteiger partial charge in [-0.1, -0.05) is 12.1 Å². The van der Waals surface area contributed by atoms with Gasteiger partial charge in [-0.3, -0.25) is 9.79 Å². The summed E-state index contributed by atoms with van der Waals surface area (Å²) in [5.74, 6) is 1.56. The molecule has 6 heteroatoms. The lowest BCUT2D eigenvalue weighted by Gasteiger charge is -2.12. The topological polar surface area (TPSA) is 74.8 Å². The van der Waals surface area contributed by atoms with Gasteiger partial charge in [0.2, 0.25) is 0 Å². The first-order chi connectivity index (χ1) is 12.2. The minimum Gasteiger partial charge on any atom is -0.381 e. The van der Waals surface area contributed by atoms with Gasteiger partial charge in [-0.15, -0.1) is 0 Å². The maximum absolute atomic E-state index is 11.7. The monoisotopic (exact) mass is 346 g/mol. The first kappa shape index (κ1) is 19.2. The van der Waals surface area contributed by atoms with Crippen molar-refractivity contribution < 1.29 is 9.53 Å². The number of ether oxygens (including phenoxy) is 1. The highest BCUT2D eigenvalue weighted by Crippen LogP contribution is 2.28. The highest BCUT2D eigenvalue weighted by Gasteiger charge is 2.20. The number of hydrogen-bond acceptors (Lipinski definition) is 3. The summed E-state index contributed by atoms with van der Waals surface area (Å²) in [4.78, 5) is 16.0. The van der Waals surface area contributed by atoms with E-state index < -0.39 is 0 Å². The second-order valence-corrected chi connectivity index (χ2v) is 6.28. The third-order valence-electron chi connectivity index (χ3n) is 4.05. The zero-order chi connectivity index (χ0) is 17.9. The number of carbonyl (C=O) groups excluding carboxylic acids is 1. The number of nitrogens with one attached hydrogen (secondary N) is 3. The summed E-state index contributed by atoms with van der Waals surface area (Å²) in [6, 6.07) is 7.60. The molecule has 2 rings (SSSR count). The van der Waals surface area contributed by atoms with Gasteiger partial charge >= 0.3 is 0 Å². The van der Waals surface area contributed by atoms with Crippen molar-refractivity contribution in [3.63, 3.8) is 0 Å². The Labute approximate surface area is 150 Å². The van der Waals surface area contributed by atoms with Crippen LogP contribution >= 0.6 is 0 Å². The molecule has 0 unspecified atom stereocenters. The molecule has 1 aromatic rings. The average molecular weight is 346 g/mol. The van der Waals surface area contributed by atoms with Gasteiger partial charge in [-0.05, 0) is 49.8 Å². The van der Waals surface area contributed by atoms with Crippen molar-refractivity contribution in [2.45, 2.75) is 32.7 Å². The predicted molar refractivity (Wildman–Crippen MR) is 101 cm³/mol. The molecule has 0 heterocycles. The zero-order valence-corrected chi connectivity index (χ0v) is 15.3. The Balaban J connectivity index is 1.62. The second-order valence-electron chi connectivity index (χ2n) is 6.28. The number of carbonyl (C=O) groups is 1. The van der Waals surface area contributed by atoms with Gasteiger partial charge in [0.15, 0.2) is 5.96 Å². The van der Waals surface area contributed by atoms with Crippen LogP contribution in [0.4, 0.5) is 0 Å². The number of guanidine groups is 1. The molecule has 0 bridgehead atoms. The Bertz CT molecular complexity index is 553. The Morgan fingerprint density at radius 1 is 1.20 bits per heavy atom. The minimum atomic E-state index is -0.0385. The fourth-order valence-corrected chi connectivity index (χ4v) is 2.36. The minimum absolute atomic E-state index is 0.0385. The SMILES string of the molecule is CCNC(=O)c1ccc(CNC(=NC)NCCCOCC2CC2)cc1. The maximum atomic E-state index is 11.7. The maximum Gasteiger partial charge on any atom is 0.251 e. The number of hydrogen-bond donors (Lipinski definition) is 3. The quantitative estimate of drug-likeness (QED) is 0.344. The van der Waals surface area contributed by atoms with E-state index in [0.29, 0.717) is 18.7 Å². The lowest BCUT2D eigenvalue weighted by molar-refractivity contribution is 0.0956. The summed E-state index contributed by atoms with van der Waals surface area (Å²) in [6.07, 6.45) is 3.63. The molecule has 6 nitrogen and oxygen atoms in total. The van der Waals surface area contributed by atoms with Crippen LogP contribution in [0.1, 0.15) is 42.1 Å². The Kier molecular flexibility index (Phi) is 8.25. The van der Waals surface area contributed by atoms with Crippen LogP contribution in [0, 0.1) is 5.92 Å². The van der Waals surface area contributed by atoms with E-state index in [2.05, 4.69) is 20.9 Å². The molecule has 0 aromatic heterocycles. The smallest absolute Gasteiger partial charge is 0.251 e. The van der Waals surface area contributed by atoms with Crippen molar-refractivity contribution in [1.82, 2.24) is 16.0 Å². The van der Waals surface area contributed by atoms with Gasteiger partial charge in [0.25, 0.3) is 5.91 Å². The van der Waals surface area contributed by atoms with Crippen LogP contribution < -0.4 is 16.0 Å². The standard InChI is InChI=1S/C19H30N4O2/c1-3-21-18(24)17-9-7-15(8-10-17)13-23-19(20-2)22-11-4-12-25-14-16-5-6-16/h7-10,16H,3-6,11-14H2,1-2H3,(H,21,24)(H2,20,22,23). The highest BCUT2D eigenvalue weighted by atomic mass is 16.5. The van der Waals surface area contributed by atoms with E-state index >= 15 is 0 Å². The number of rotatable bonds is 10. The molecular formula is C19H30N4O2. The lowest BCUT2D eigenvalue weighted by Crippen LogP contribution is -2.37. The van der Waals surface area contributed by atoms with Crippen molar-refractivity contribution in [3.8, 4) is 0 Å². The summed E-state index contributed by atoms with van der Waals surface area (Å²) < 4.78 is 5.62. The molecule has 1 saturated carbocycles. The first-order valence-corrected chi connectivity index (χ1v) is 9.12. The molecule has 1 aliphatic carbocycles. The number of benzene rings is 1. The fraction of sp³-hybridized carbons (Fsp3) is 0.579. The Morgan fingerprint density at radius 3 is 2.60 bits per heavy atom. The molecule has 3 N–H and O–H groups in total. The molecule has 0 saturated heterocycles. The Hall–Kier alpha value is -2.08. The van der Waals surface area contributed by atoms with Crippen LogP contribution in [0.3, 0.4) is 0 Å². The first-order valence-electron chi connectivity index (χ1n) is 9.12. The summed E-state index contributed by atoms with van der Waals surface area (Å²) >= 11 is 0.